The number of piperidine rings is 1. The summed E-state index contributed by atoms with van der Waals surface area (Å²) in [5.74, 6) is 1.01. The van der Waals surface area contributed by atoms with E-state index in [9.17, 15) is 0 Å². The van der Waals surface area contributed by atoms with Crippen LogP contribution in [0.5, 0.6) is 5.75 Å². The van der Waals surface area contributed by atoms with Crippen molar-refractivity contribution in [1.82, 2.24) is 5.32 Å². The number of fused-ring (bicyclic) bond motifs is 1. The fraction of sp³-hybridized carbons (Fsp3) is 0.375. The lowest BCUT2D eigenvalue weighted by atomic mass is 9.94. The standard InChI is InChI=1S/C16H19NO/c1-16(9-11-17-12-10-16)18-15-8-4-6-13-5-2-3-7-14(13)15/h2-8,17H,9-12H2,1H3. The molecule has 0 atom stereocenters. The summed E-state index contributed by atoms with van der Waals surface area (Å²) in [6, 6.07) is 14.7. The zero-order chi connectivity index (χ0) is 12.4. The van der Waals surface area contributed by atoms with Gasteiger partial charge in [-0.25, -0.2) is 0 Å². The number of hydrogen-bond donors (Lipinski definition) is 1. The van der Waals surface area contributed by atoms with E-state index < -0.39 is 0 Å². The molecule has 0 aliphatic carbocycles. The van der Waals surface area contributed by atoms with Gasteiger partial charge in [0.1, 0.15) is 11.4 Å². The fourth-order valence-corrected chi connectivity index (χ4v) is 2.61. The maximum Gasteiger partial charge on any atom is 0.127 e. The molecular weight excluding hydrogens is 222 g/mol. The average molecular weight is 241 g/mol. The average Bonchev–Trinajstić information content (AvgIpc) is 2.40. The second-order valence-corrected chi connectivity index (χ2v) is 5.28. The van der Waals surface area contributed by atoms with Gasteiger partial charge < -0.3 is 10.1 Å². The Balaban J connectivity index is 1.94. The minimum atomic E-state index is -0.0324. The molecule has 0 aromatic heterocycles. The van der Waals surface area contributed by atoms with Crippen molar-refractivity contribution in [1.29, 1.82) is 0 Å². The minimum Gasteiger partial charge on any atom is -0.487 e. The molecule has 2 heteroatoms. The van der Waals surface area contributed by atoms with E-state index in [4.69, 9.17) is 4.74 Å². The van der Waals surface area contributed by atoms with Gasteiger partial charge in [0.25, 0.3) is 0 Å². The van der Waals surface area contributed by atoms with Gasteiger partial charge in [-0.2, -0.15) is 0 Å². The van der Waals surface area contributed by atoms with E-state index in [2.05, 4.69) is 54.7 Å². The van der Waals surface area contributed by atoms with Crippen molar-refractivity contribution in [3.63, 3.8) is 0 Å². The molecule has 2 aromatic rings. The summed E-state index contributed by atoms with van der Waals surface area (Å²) < 4.78 is 6.32. The summed E-state index contributed by atoms with van der Waals surface area (Å²) in [7, 11) is 0. The summed E-state index contributed by atoms with van der Waals surface area (Å²) >= 11 is 0. The number of ether oxygens (including phenoxy) is 1. The van der Waals surface area contributed by atoms with E-state index in [-0.39, 0.29) is 5.60 Å². The molecular formula is C16H19NO. The Morgan fingerprint density at radius 2 is 1.72 bits per heavy atom. The molecule has 3 rings (SSSR count). The summed E-state index contributed by atoms with van der Waals surface area (Å²) in [4.78, 5) is 0. The maximum absolute atomic E-state index is 6.32. The molecule has 0 saturated carbocycles. The Hall–Kier alpha value is -1.54. The van der Waals surface area contributed by atoms with E-state index in [1.807, 2.05) is 0 Å². The van der Waals surface area contributed by atoms with Gasteiger partial charge in [-0.15, -0.1) is 0 Å². The zero-order valence-electron chi connectivity index (χ0n) is 10.8. The first-order valence-corrected chi connectivity index (χ1v) is 6.64. The highest BCUT2D eigenvalue weighted by molar-refractivity contribution is 5.88. The molecule has 0 spiro atoms. The van der Waals surface area contributed by atoms with Gasteiger partial charge in [-0.1, -0.05) is 36.4 Å². The predicted molar refractivity (Wildman–Crippen MR) is 75.1 cm³/mol. The summed E-state index contributed by atoms with van der Waals surface area (Å²) in [6.45, 7) is 4.30. The number of rotatable bonds is 2. The molecule has 1 heterocycles. The largest absolute Gasteiger partial charge is 0.487 e. The van der Waals surface area contributed by atoms with Crippen LogP contribution in [0.25, 0.3) is 10.8 Å². The number of benzene rings is 2. The Morgan fingerprint density at radius 3 is 2.56 bits per heavy atom. The SMILES string of the molecule is CC1(Oc2cccc3ccccc23)CCNCC1. The molecule has 0 radical (unpaired) electrons. The molecule has 0 unspecified atom stereocenters. The lowest BCUT2D eigenvalue weighted by Gasteiger charge is -2.35. The lowest BCUT2D eigenvalue weighted by molar-refractivity contribution is 0.0572. The van der Waals surface area contributed by atoms with E-state index in [0.29, 0.717) is 0 Å². The molecule has 0 amide bonds. The molecule has 1 N–H and O–H groups in total. The van der Waals surface area contributed by atoms with Crippen molar-refractivity contribution < 1.29 is 4.74 Å². The van der Waals surface area contributed by atoms with Gasteiger partial charge in [0.15, 0.2) is 0 Å². The van der Waals surface area contributed by atoms with Crippen molar-refractivity contribution in [3.8, 4) is 5.75 Å². The summed E-state index contributed by atoms with van der Waals surface area (Å²) in [6.07, 6.45) is 2.13. The smallest absolute Gasteiger partial charge is 0.127 e. The molecule has 1 aliphatic heterocycles. The van der Waals surface area contributed by atoms with Crippen molar-refractivity contribution in [3.05, 3.63) is 42.5 Å². The molecule has 1 saturated heterocycles. The van der Waals surface area contributed by atoms with Crippen molar-refractivity contribution >= 4 is 10.8 Å². The van der Waals surface area contributed by atoms with Crippen LogP contribution in [-0.4, -0.2) is 18.7 Å². The minimum absolute atomic E-state index is 0.0324. The lowest BCUT2D eigenvalue weighted by Crippen LogP contribution is -2.43. The Kier molecular flexibility index (Phi) is 2.96. The monoisotopic (exact) mass is 241 g/mol. The quantitative estimate of drug-likeness (QED) is 0.870. The van der Waals surface area contributed by atoms with Crippen LogP contribution < -0.4 is 10.1 Å². The van der Waals surface area contributed by atoms with Crippen LogP contribution in [0.2, 0.25) is 0 Å². The second kappa shape index (κ2) is 4.62. The van der Waals surface area contributed by atoms with Crippen LogP contribution in [0.4, 0.5) is 0 Å². The second-order valence-electron chi connectivity index (χ2n) is 5.28. The van der Waals surface area contributed by atoms with Gasteiger partial charge in [0.2, 0.25) is 0 Å². The Morgan fingerprint density at radius 1 is 1.00 bits per heavy atom. The van der Waals surface area contributed by atoms with E-state index in [1.165, 1.54) is 10.8 Å². The van der Waals surface area contributed by atoms with Gasteiger partial charge in [-0.05, 0) is 44.3 Å². The van der Waals surface area contributed by atoms with E-state index in [1.54, 1.807) is 0 Å². The predicted octanol–water partition coefficient (Wildman–Crippen LogP) is 3.36. The molecule has 1 fully saturated rings. The first kappa shape index (κ1) is 11.5. The zero-order valence-corrected chi connectivity index (χ0v) is 10.8. The number of hydrogen-bond acceptors (Lipinski definition) is 2. The summed E-state index contributed by atoms with van der Waals surface area (Å²) in [5, 5.41) is 5.83. The Bertz CT molecular complexity index is 538. The molecule has 18 heavy (non-hydrogen) atoms. The third-order valence-corrected chi connectivity index (χ3v) is 3.77. The molecule has 1 aliphatic rings. The van der Waals surface area contributed by atoms with Gasteiger partial charge in [0, 0.05) is 5.39 Å². The van der Waals surface area contributed by atoms with Crippen molar-refractivity contribution in [2.24, 2.45) is 0 Å². The Labute approximate surface area is 108 Å². The first-order chi connectivity index (χ1) is 8.77. The van der Waals surface area contributed by atoms with Crippen LogP contribution >= 0.6 is 0 Å². The highest BCUT2D eigenvalue weighted by Crippen LogP contribution is 2.31. The van der Waals surface area contributed by atoms with Crippen LogP contribution in [0.1, 0.15) is 19.8 Å². The van der Waals surface area contributed by atoms with Gasteiger partial charge in [0.05, 0.1) is 0 Å². The highest BCUT2D eigenvalue weighted by atomic mass is 16.5. The molecule has 2 aromatic carbocycles. The first-order valence-electron chi connectivity index (χ1n) is 6.64. The van der Waals surface area contributed by atoms with Crippen LogP contribution in [0.15, 0.2) is 42.5 Å². The molecule has 94 valence electrons. The molecule has 2 nitrogen and oxygen atoms in total. The van der Waals surface area contributed by atoms with Crippen LogP contribution in [-0.2, 0) is 0 Å². The van der Waals surface area contributed by atoms with Gasteiger partial charge >= 0.3 is 0 Å². The number of nitrogens with one attached hydrogen (secondary N) is 1. The maximum atomic E-state index is 6.32. The van der Waals surface area contributed by atoms with E-state index >= 15 is 0 Å². The fourth-order valence-electron chi connectivity index (χ4n) is 2.61. The van der Waals surface area contributed by atoms with Crippen molar-refractivity contribution in [2.75, 3.05) is 13.1 Å². The van der Waals surface area contributed by atoms with Crippen LogP contribution in [0.3, 0.4) is 0 Å². The van der Waals surface area contributed by atoms with Crippen LogP contribution in [0, 0.1) is 0 Å². The third-order valence-electron chi connectivity index (χ3n) is 3.77. The van der Waals surface area contributed by atoms with Crippen molar-refractivity contribution in [2.45, 2.75) is 25.4 Å². The highest BCUT2D eigenvalue weighted by Gasteiger charge is 2.28. The van der Waals surface area contributed by atoms with Gasteiger partial charge in [-0.3, -0.25) is 0 Å². The third kappa shape index (κ3) is 2.21. The topological polar surface area (TPSA) is 21.3 Å². The van der Waals surface area contributed by atoms with E-state index in [0.717, 1.165) is 31.7 Å². The summed E-state index contributed by atoms with van der Waals surface area (Å²) in [5.41, 5.74) is -0.0324. The molecule has 0 bridgehead atoms. The normalized spacial score (nSPS) is 18.7.